The number of aliphatic hydroxyl groups is 1. The second-order valence-electron chi connectivity index (χ2n) is 6.46. The summed E-state index contributed by atoms with van der Waals surface area (Å²) >= 11 is 6.10. The van der Waals surface area contributed by atoms with Gasteiger partial charge in [-0.2, -0.15) is 0 Å². The molecule has 5 heteroatoms. The van der Waals surface area contributed by atoms with E-state index in [0.29, 0.717) is 18.2 Å². The van der Waals surface area contributed by atoms with Gasteiger partial charge in [-0.3, -0.25) is 0 Å². The smallest absolute Gasteiger partial charge is 0.124 e. The average Bonchev–Trinajstić information content (AvgIpc) is 3.11. The third-order valence-electron chi connectivity index (χ3n) is 4.58. The van der Waals surface area contributed by atoms with E-state index in [9.17, 15) is 5.11 Å². The van der Waals surface area contributed by atoms with Crippen LogP contribution in [0.1, 0.15) is 31.2 Å². The van der Waals surface area contributed by atoms with Crippen molar-refractivity contribution in [2.75, 3.05) is 26.4 Å². The zero-order chi connectivity index (χ0) is 15.4. The quantitative estimate of drug-likeness (QED) is 0.771. The molecule has 1 atom stereocenters. The van der Waals surface area contributed by atoms with Crippen molar-refractivity contribution in [3.8, 4) is 5.75 Å². The molecule has 0 bridgehead atoms. The van der Waals surface area contributed by atoms with Gasteiger partial charge in [0, 0.05) is 42.3 Å². The van der Waals surface area contributed by atoms with E-state index < -0.39 is 0 Å². The van der Waals surface area contributed by atoms with Gasteiger partial charge in [-0.05, 0) is 43.9 Å². The van der Waals surface area contributed by atoms with Crippen molar-refractivity contribution >= 4 is 11.6 Å². The number of benzene rings is 1. The lowest BCUT2D eigenvalue weighted by Gasteiger charge is -2.17. The van der Waals surface area contributed by atoms with Crippen LogP contribution in [0.2, 0.25) is 5.02 Å². The van der Waals surface area contributed by atoms with Gasteiger partial charge >= 0.3 is 0 Å². The highest BCUT2D eigenvalue weighted by Gasteiger charge is 2.41. The zero-order valence-corrected chi connectivity index (χ0v) is 13.6. The van der Waals surface area contributed by atoms with E-state index >= 15 is 0 Å². The second kappa shape index (κ2) is 7.18. The Bertz CT molecular complexity index is 499. The number of nitrogens with one attached hydrogen (secondary N) is 1. The molecular weight excluding hydrogens is 302 g/mol. The van der Waals surface area contributed by atoms with E-state index in [1.54, 1.807) is 0 Å². The molecule has 1 saturated heterocycles. The van der Waals surface area contributed by atoms with Crippen molar-refractivity contribution in [2.24, 2.45) is 5.41 Å². The molecule has 22 heavy (non-hydrogen) atoms. The maximum atomic E-state index is 9.36. The maximum absolute atomic E-state index is 9.36. The van der Waals surface area contributed by atoms with E-state index in [0.717, 1.165) is 50.1 Å². The van der Waals surface area contributed by atoms with Gasteiger partial charge in [0.25, 0.3) is 0 Å². The number of rotatable bonds is 8. The van der Waals surface area contributed by atoms with Crippen LogP contribution in [0.5, 0.6) is 5.75 Å². The highest BCUT2D eigenvalue weighted by atomic mass is 35.5. The van der Waals surface area contributed by atoms with Gasteiger partial charge in [-0.15, -0.1) is 0 Å². The fourth-order valence-electron chi connectivity index (χ4n) is 2.82. The first-order chi connectivity index (χ1) is 10.7. The maximum Gasteiger partial charge on any atom is 0.124 e. The molecule has 2 aliphatic rings. The topological polar surface area (TPSA) is 50.7 Å². The van der Waals surface area contributed by atoms with Crippen molar-refractivity contribution in [1.29, 1.82) is 0 Å². The molecule has 1 saturated carbocycles. The van der Waals surface area contributed by atoms with Crippen molar-refractivity contribution in [3.63, 3.8) is 0 Å². The van der Waals surface area contributed by atoms with Gasteiger partial charge in [-0.25, -0.2) is 0 Å². The third-order valence-corrected chi connectivity index (χ3v) is 4.81. The van der Waals surface area contributed by atoms with Crippen molar-refractivity contribution < 1.29 is 14.6 Å². The lowest BCUT2D eigenvalue weighted by Crippen LogP contribution is -2.26. The number of halogens is 1. The Hall–Kier alpha value is -0.810. The van der Waals surface area contributed by atoms with Crippen LogP contribution in [-0.2, 0) is 11.3 Å². The molecule has 122 valence electrons. The third kappa shape index (κ3) is 4.13. The predicted octanol–water partition coefficient (Wildman–Crippen LogP) is 2.76. The molecule has 1 aliphatic carbocycles. The molecule has 2 N–H and O–H groups in total. The molecule has 0 aromatic heterocycles. The van der Waals surface area contributed by atoms with Gasteiger partial charge < -0.3 is 19.9 Å². The summed E-state index contributed by atoms with van der Waals surface area (Å²) in [5, 5.41) is 13.5. The molecule has 3 rings (SSSR count). The van der Waals surface area contributed by atoms with Crippen LogP contribution in [0.3, 0.4) is 0 Å². The SMILES string of the molecule is OCC1(CNCc2cc(Cl)ccc2OCC2CCCO2)CC1. The Balaban J connectivity index is 1.55. The highest BCUT2D eigenvalue weighted by molar-refractivity contribution is 6.30. The van der Waals surface area contributed by atoms with Crippen molar-refractivity contribution in [2.45, 2.75) is 38.3 Å². The predicted molar refractivity (Wildman–Crippen MR) is 86.4 cm³/mol. The largest absolute Gasteiger partial charge is 0.491 e. The lowest BCUT2D eigenvalue weighted by molar-refractivity contribution is 0.0676. The highest BCUT2D eigenvalue weighted by Crippen LogP contribution is 2.44. The fraction of sp³-hybridized carbons (Fsp3) is 0.647. The normalized spacial score (nSPS) is 22.7. The minimum Gasteiger partial charge on any atom is -0.491 e. The summed E-state index contributed by atoms with van der Waals surface area (Å²) in [6, 6.07) is 5.72. The summed E-state index contributed by atoms with van der Waals surface area (Å²) in [5.74, 6) is 0.862. The standard InChI is InChI=1S/C17H24ClNO3/c18-14-3-4-16(22-10-15-2-1-7-21-15)13(8-14)9-19-11-17(12-20)5-6-17/h3-4,8,15,19-20H,1-2,5-7,9-12H2. The van der Waals surface area contributed by atoms with Crippen LogP contribution in [-0.4, -0.2) is 37.6 Å². The van der Waals surface area contributed by atoms with Gasteiger partial charge in [0.05, 0.1) is 6.10 Å². The second-order valence-corrected chi connectivity index (χ2v) is 6.90. The van der Waals surface area contributed by atoms with Crippen molar-refractivity contribution in [1.82, 2.24) is 5.32 Å². The van der Waals surface area contributed by atoms with Gasteiger partial charge in [0.1, 0.15) is 12.4 Å². The minimum atomic E-state index is 0.108. The van der Waals surface area contributed by atoms with E-state index in [2.05, 4.69) is 5.32 Å². The zero-order valence-electron chi connectivity index (χ0n) is 12.8. The fourth-order valence-corrected chi connectivity index (χ4v) is 3.01. The van der Waals surface area contributed by atoms with E-state index in [4.69, 9.17) is 21.1 Å². The monoisotopic (exact) mass is 325 g/mol. The molecule has 4 nitrogen and oxygen atoms in total. The van der Waals surface area contributed by atoms with Crippen LogP contribution < -0.4 is 10.1 Å². The molecule has 1 aromatic rings. The number of hydrogen-bond donors (Lipinski definition) is 2. The lowest BCUT2D eigenvalue weighted by atomic mass is 10.1. The summed E-state index contributed by atoms with van der Waals surface area (Å²) in [4.78, 5) is 0. The molecule has 1 aromatic carbocycles. The summed E-state index contributed by atoms with van der Waals surface area (Å²) in [7, 11) is 0. The molecule has 2 fully saturated rings. The number of ether oxygens (including phenoxy) is 2. The summed E-state index contributed by atoms with van der Waals surface area (Å²) in [6.07, 6.45) is 4.61. The first kappa shape index (κ1) is 16.1. The van der Waals surface area contributed by atoms with Gasteiger partial charge in [-0.1, -0.05) is 11.6 Å². The van der Waals surface area contributed by atoms with E-state index in [1.807, 2.05) is 18.2 Å². The molecular formula is C17H24ClNO3. The molecule has 1 heterocycles. The van der Waals surface area contributed by atoms with Crippen LogP contribution >= 0.6 is 11.6 Å². The Morgan fingerprint density at radius 2 is 2.27 bits per heavy atom. The van der Waals surface area contributed by atoms with Gasteiger partial charge in [0.15, 0.2) is 0 Å². The summed E-state index contributed by atoms with van der Waals surface area (Å²) < 4.78 is 11.5. The number of aliphatic hydroxyl groups excluding tert-OH is 1. The van der Waals surface area contributed by atoms with Gasteiger partial charge in [0.2, 0.25) is 0 Å². The summed E-state index contributed by atoms with van der Waals surface area (Å²) in [5.41, 5.74) is 1.16. The molecule has 0 amide bonds. The van der Waals surface area contributed by atoms with E-state index in [1.165, 1.54) is 0 Å². The molecule has 0 radical (unpaired) electrons. The van der Waals surface area contributed by atoms with Crippen LogP contribution in [0.15, 0.2) is 18.2 Å². The first-order valence-corrected chi connectivity index (χ1v) is 8.43. The Morgan fingerprint density at radius 3 is 2.95 bits per heavy atom. The Kier molecular flexibility index (Phi) is 5.24. The average molecular weight is 326 g/mol. The number of hydrogen-bond acceptors (Lipinski definition) is 4. The molecule has 0 spiro atoms. The van der Waals surface area contributed by atoms with Crippen LogP contribution in [0.4, 0.5) is 0 Å². The Labute approximate surface area is 136 Å². The minimum absolute atomic E-state index is 0.108. The molecule has 1 unspecified atom stereocenters. The van der Waals surface area contributed by atoms with E-state index in [-0.39, 0.29) is 18.1 Å². The first-order valence-electron chi connectivity index (χ1n) is 8.05. The summed E-state index contributed by atoms with van der Waals surface area (Å²) in [6.45, 7) is 3.23. The molecule has 1 aliphatic heterocycles. The van der Waals surface area contributed by atoms with Crippen LogP contribution in [0, 0.1) is 5.41 Å². The van der Waals surface area contributed by atoms with Crippen LogP contribution in [0.25, 0.3) is 0 Å². The van der Waals surface area contributed by atoms with Crippen molar-refractivity contribution in [3.05, 3.63) is 28.8 Å². The Morgan fingerprint density at radius 1 is 1.41 bits per heavy atom.